The third kappa shape index (κ3) is 9.93. The van der Waals surface area contributed by atoms with Crippen LogP contribution in [-0.2, 0) is 9.53 Å². The van der Waals surface area contributed by atoms with Crippen LogP contribution in [0, 0.1) is 0 Å². The van der Waals surface area contributed by atoms with Crippen LogP contribution in [0.15, 0.2) is 0 Å². The molecule has 0 bridgehead atoms. The van der Waals surface area contributed by atoms with Gasteiger partial charge < -0.3 is 14.3 Å². The summed E-state index contributed by atoms with van der Waals surface area (Å²) in [4.78, 5) is 10.7. The van der Waals surface area contributed by atoms with Crippen molar-refractivity contribution in [2.24, 2.45) is 0 Å². The van der Waals surface area contributed by atoms with Gasteiger partial charge in [0.25, 0.3) is 0 Å². The van der Waals surface area contributed by atoms with Crippen LogP contribution in [-0.4, -0.2) is 56.0 Å². The second-order valence-electron chi connectivity index (χ2n) is 5.27. The highest BCUT2D eigenvalue weighted by atomic mass is 16.5. The minimum absolute atomic E-state index is 0.0989. The Morgan fingerprint density at radius 1 is 1.31 bits per heavy atom. The van der Waals surface area contributed by atoms with Crippen LogP contribution >= 0.6 is 0 Å². The molecule has 0 aromatic rings. The number of carboxylic acids is 1. The molecular formula is C12H26NO3+. The zero-order valence-electron chi connectivity index (χ0n) is 11.0. The van der Waals surface area contributed by atoms with Crippen molar-refractivity contribution in [3.05, 3.63) is 0 Å². The van der Waals surface area contributed by atoms with Gasteiger partial charge in [0.2, 0.25) is 0 Å². The van der Waals surface area contributed by atoms with Crippen LogP contribution in [0.25, 0.3) is 0 Å². The van der Waals surface area contributed by atoms with Crippen molar-refractivity contribution in [2.75, 3.05) is 34.3 Å². The maximum atomic E-state index is 10.7. The predicted octanol–water partition coefficient (Wildman–Crippen LogP) is 1.74. The van der Waals surface area contributed by atoms with Crippen LogP contribution in [0.1, 0.15) is 32.6 Å². The molecule has 0 aromatic heterocycles. The Kier molecular flexibility index (Phi) is 7.34. The zero-order valence-corrected chi connectivity index (χ0v) is 11.0. The summed E-state index contributed by atoms with van der Waals surface area (Å²) < 4.78 is 6.36. The topological polar surface area (TPSA) is 46.5 Å². The summed E-state index contributed by atoms with van der Waals surface area (Å²) in [6.45, 7) is 3.55. The molecule has 0 amide bonds. The summed E-state index contributed by atoms with van der Waals surface area (Å²) in [5.74, 6) is -0.783. The molecule has 0 aliphatic carbocycles. The summed E-state index contributed by atoms with van der Waals surface area (Å²) in [6, 6.07) is 0. The first kappa shape index (κ1) is 15.4. The van der Waals surface area contributed by atoms with Gasteiger partial charge in [-0.1, -0.05) is 19.8 Å². The van der Waals surface area contributed by atoms with Crippen molar-refractivity contribution in [3.8, 4) is 0 Å². The Bertz CT molecular complexity index is 199. The monoisotopic (exact) mass is 232 g/mol. The summed E-state index contributed by atoms with van der Waals surface area (Å²) in [5, 5.41) is 8.80. The molecule has 0 saturated carbocycles. The number of carboxylic acid groups (broad SMARTS) is 1. The molecule has 1 N–H and O–H groups in total. The standard InChI is InChI=1S/C12H25NO3/c1-5-6-7-8-16-11(9-12(14)15)10-13(2,3)4/h11H,5-10H2,1-4H3/p+1/t11-/m1/s1. The lowest BCUT2D eigenvalue weighted by molar-refractivity contribution is -0.873. The highest BCUT2D eigenvalue weighted by molar-refractivity contribution is 5.67. The van der Waals surface area contributed by atoms with Crippen molar-refractivity contribution in [3.63, 3.8) is 0 Å². The summed E-state index contributed by atoms with van der Waals surface area (Å²) in [7, 11) is 6.14. The lowest BCUT2D eigenvalue weighted by atomic mass is 10.2. The Labute approximate surface area is 98.8 Å². The molecule has 0 aliphatic heterocycles. The summed E-state index contributed by atoms with van der Waals surface area (Å²) in [6.07, 6.45) is 3.24. The fraction of sp³-hybridized carbons (Fsp3) is 0.917. The largest absolute Gasteiger partial charge is 0.481 e. The van der Waals surface area contributed by atoms with Gasteiger partial charge in [0.15, 0.2) is 0 Å². The molecule has 0 aliphatic rings. The van der Waals surface area contributed by atoms with E-state index in [9.17, 15) is 4.79 Å². The number of hydrogen-bond acceptors (Lipinski definition) is 2. The first-order valence-corrected chi connectivity index (χ1v) is 5.99. The summed E-state index contributed by atoms with van der Waals surface area (Å²) in [5.41, 5.74) is 0. The Hall–Kier alpha value is -0.610. The Morgan fingerprint density at radius 2 is 1.94 bits per heavy atom. The van der Waals surface area contributed by atoms with Gasteiger partial charge in [0, 0.05) is 6.61 Å². The van der Waals surface area contributed by atoms with E-state index in [2.05, 4.69) is 6.92 Å². The van der Waals surface area contributed by atoms with Gasteiger partial charge >= 0.3 is 5.97 Å². The van der Waals surface area contributed by atoms with E-state index in [4.69, 9.17) is 9.84 Å². The Balaban J connectivity index is 3.96. The SMILES string of the molecule is CCCCCO[C@H](CC(=O)O)C[N+](C)(C)C. The fourth-order valence-corrected chi connectivity index (χ4v) is 1.58. The number of ether oxygens (including phenoxy) is 1. The number of rotatable bonds is 9. The van der Waals surface area contributed by atoms with Gasteiger partial charge in [0.1, 0.15) is 12.6 Å². The van der Waals surface area contributed by atoms with E-state index in [-0.39, 0.29) is 12.5 Å². The molecule has 0 rings (SSSR count). The zero-order chi connectivity index (χ0) is 12.6. The van der Waals surface area contributed by atoms with Gasteiger partial charge in [-0.2, -0.15) is 0 Å². The summed E-state index contributed by atoms with van der Waals surface area (Å²) >= 11 is 0. The molecule has 0 heterocycles. The second-order valence-corrected chi connectivity index (χ2v) is 5.27. The number of nitrogens with zero attached hydrogens (tertiary/aromatic N) is 1. The average Bonchev–Trinajstić information content (AvgIpc) is 2.08. The minimum atomic E-state index is -0.783. The molecule has 1 atom stereocenters. The van der Waals surface area contributed by atoms with E-state index < -0.39 is 5.97 Å². The van der Waals surface area contributed by atoms with Crippen molar-refractivity contribution >= 4 is 5.97 Å². The number of hydrogen-bond donors (Lipinski definition) is 1. The molecule has 96 valence electrons. The predicted molar refractivity (Wildman–Crippen MR) is 64.4 cm³/mol. The first-order valence-electron chi connectivity index (χ1n) is 5.99. The van der Waals surface area contributed by atoms with Crippen LogP contribution in [0.5, 0.6) is 0 Å². The molecular weight excluding hydrogens is 206 g/mol. The number of likely N-dealkylation sites (N-methyl/N-ethyl adjacent to an activating group) is 1. The van der Waals surface area contributed by atoms with Gasteiger partial charge in [0.05, 0.1) is 27.6 Å². The molecule has 0 saturated heterocycles. The van der Waals surface area contributed by atoms with Crippen molar-refractivity contribution in [1.82, 2.24) is 0 Å². The second kappa shape index (κ2) is 7.63. The van der Waals surface area contributed by atoms with Crippen LogP contribution in [0.3, 0.4) is 0 Å². The maximum Gasteiger partial charge on any atom is 0.306 e. The molecule has 0 unspecified atom stereocenters. The lowest BCUT2D eigenvalue weighted by Crippen LogP contribution is -2.43. The van der Waals surface area contributed by atoms with E-state index in [0.717, 1.165) is 30.3 Å². The van der Waals surface area contributed by atoms with Crippen LogP contribution in [0.4, 0.5) is 0 Å². The molecule has 0 aromatic carbocycles. The molecule has 0 radical (unpaired) electrons. The third-order valence-electron chi connectivity index (χ3n) is 2.26. The number of aliphatic carboxylic acids is 1. The van der Waals surface area contributed by atoms with Crippen molar-refractivity contribution in [1.29, 1.82) is 0 Å². The smallest absolute Gasteiger partial charge is 0.306 e. The van der Waals surface area contributed by atoms with Crippen LogP contribution < -0.4 is 0 Å². The van der Waals surface area contributed by atoms with Crippen molar-refractivity contribution < 1.29 is 19.1 Å². The maximum absolute atomic E-state index is 10.7. The van der Waals surface area contributed by atoms with E-state index in [1.165, 1.54) is 0 Å². The highest BCUT2D eigenvalue weighted by Crippen LogP contribution is 2.06. The Morgan fingerprint density at radius 3 is 2.38 bits per heavy atom. The molecule has 4 nitrogen and oxygen atoms in total. The fourth-order valence-electron chi connectivity index (χ4n) is 1.58. The third-order valence-corrected chi connectivity index (χ3v) is 2.26. The van der Waals surface area contributed by atoms with Gasteiger partial charge in [-0.3, -0.25) is 4.79 Å². The van der Waals surface area contributed by atoms with Gasteiger partial charge in [-0.05, 0) is 6.42 Å². The first-order chi connectivity index (χ1) is 7.35. The van der Waals surface area contributed by atoms with E-state index in [1.807, 2.05) is 21.1 Å². The van der Waals surface area contributed by atoms with E-state index in [1.54, 1.807) is 0 Å². The van der Waals surface area contributed by atoms with Gasteiger partial charge in [-0.25, -0.2) is 0 Å². The van der Waals surface area contributed by atoms with Crippen molar-refractivity contribution in [2.45, 2.75) is 38.7 Å². The normalized spacial score (nSPS) is 13.8. The van der Waals surface area contributed by atoms with E-state index in [0.29, 0.717) is 6.61 Å². The van der Waals surface area contributed by atoms with Gasteiger partial charge in [-0.15, -0.1) is 0 Å². The number of quaternary nitrogens is 1. The minimum Gasteiger partial charge on any atom is -0.481 e. The molecule has 0 spiro atoms. The lowest BCUT2D eigenvalue weighted by Gasteiger charge is -2.28. The van der Waals surface area contributed by atoms with Crippen LogP contribution in [0.2, 0.25) is 0 Å². The average molecular weight is 232 g/mol. The number of unbranched alkanes of at least 4 members (excludes halogenated alkanes) is 2. The molecule has 4 heteroatoms. The quantitative estimate of drug-likeness (QED) is 0.486. The molecule has 16 heavy (non-hydrogen) atoms. The van der Waals surface area contributed by atoms with E-state index >= 15 is 0 Å². The molecule has 0 fully saturated rings. The number of carbonyl (C=O) groups is 1. The highest BCUT2D eigenvalue weighted by Gasteiger charge is 2.21.